The van der Waals surface area contributed by atoms with Crippen LogP contribution in [0.2, 0.25) is 0 Å². The monoisotopic (exact) mass is 314 g/mol. The Balaban J connectivity index is 3.53. The molecule has 8 heteroatoms. The van der Waals surface area contributed by atoms with Crippen LogP contribution in [0.5, 0.6) is 0 Å². The lowest BCUT2D eigenvalue weighted by atomic mass is 10.1. The van der Waals surface area contributed by atoms with Crippen LogP contribution < -0.4 is 0 Å². The van der Waals surface area contributed by atoms with E-state index in [-0.39, 0.29) is 10.9 Å². The molecule has 1 aromatic rings. The predicted octanol–water partition coefficient (Wildman–Crippen LogP) is 3.80. The molecule has 0 radical (unpaired) electrons. The molecule has 1 rings (SSSR count). The van der Waals surface area contributed by atoms with E-state index in [1.54, 1.807) is 0 Å². The van der Waals surface area contributed by atoms with E-state index in [2.05, 4.69) is 20.9 Å². The number of alkyl halides is 6. The van der Waals surface area contributed by atoms with E-state index in [1.165, 1.54) is 6.07 Å². The zero-order valence-corrected chi connectivity index (χ0v) is 9.61. The number of hydrogen-bond acceptors (Lipinski definition) is 2. The van der Waals surface area contributed by atoms with Gasteiger partial charge in [0.2, 0.25) is 0 Å². The summed E-state index contributed by atoms with van der Waals surface area (Å²) in [6.45, 7) is 0. The van der Waals surface area contributed by atoms with Crippen LogP contribution in [0.4, 0.5) is 22.0 Å². The van der Waals surface area contributed by atoms with Gasteiger partial charge >= 0.3 is 6.18 Å². The molecule has 0 N–H and O–H groups in total. The summed E-state index contributed by atoms with van der Waals surface area (Å²) < 4.78 is 62.3. The Morgan fingerprint density at radius 2 is 2.00 bits per heavy atom. The molecule has 0 aliphatic carbocycles. The van der Waals surface area contributed by atoms with Gasteiger partial charge in [-0.05, 0) is 11.6 Å². The first kappa shape index (κ1) is 13.8. The van der Waals surface area contributed by atoms with Gasteiger partial charge in [0.15, 0.2) is 5.69 Å². The van der Waals surface area contributed by atoms with E-state index in [9.17, 15) is 22.0 Å². The average molecular weight is 315 g/mol. The highest BCUT2D eigenvalue weighted by atomic mass is 79.9. The summed E-state index contributed by atoms with van der Waals surface area (Å²) in [6, 6.07) is 2.09. The number of aromatic nitrogens is 1. The van der Waals surface area contributed by atoms with E-state index in [4.69, 9.17) is 5.26 Å². The second kappa shape index (κ2) is 4.96. The van der Waals surface area contributed by atoms with Crippen molar-refractivity contribution in [2.75, 3.05) is 0 Å². The molecule has 92 valence electrons. The molecule has 0 bridgehead atoms. The fourth-order valence-corrected chi connectivity index (χ4v) is 1.59. The average Bonchev–Trinajstić information content (AvgIpc) is 2.25. The molecule has 17 heavy (non-hydrogen) atoms. The van der Waals surface area contributed by atoms with Gasteiger partial charge in [-0.15, -0.1) is 0 Å². The molecule has 1 aromatic heterocycles. The van der Waals surface area contributed by atoms with Crippen LogP contribution in [0.3, 0.4) is 0 Å². The lowest BCUT2D eigenvalue weighted by molar-refractivity contribution is -0.143. The van der Waals surface area contributed by atoms with Gasteiger partial charge < -0.3 is 0 Å². The number of nitrogens with zero attached hydrogens (tertiary/aromatic N) is 2. The number of pyridine rings is 1. The van der Waals surface area contributed by atoms with Crippen molar-refractivity contribution in [2.24, 2.45) is 0 Å². The number of rotatable bonds is 2. The van der Waals surface area contributed by atoms with Crippen LogP contribution in [0.25, 0.3) is 0 Å². The van der Waals surface area contributed by atoms with Crippen molar-refractivity contribution in [3.63, 3.8) is 0 Å². The van der Waals surface area contributed by atoms with Crippen molar-refractivity contribution in [3.05, 3.63) is 28.6 Å². The third-order valence-electron chi connectivity index (χ3n) is 1.88. The molecule has 2 nitrogen and oxygen atoms in total. The largest absolute Gasteiger partial charge is 0.433 e. The fraction of sp³-hybridized carbons (Fsp3) is 0.333. The second-order valence-corrected chi connectivity index (χ2v) is 3.54. The topological polar surface area (TPSA) is 36.7 Å². The molecule has 0 saturated carbocycles. The first-order valence-electron chi connectivity index (χ1n) is 4.16. The Hall–Kier alpha value is -1.23. The zero-order valence-electron chi connectivity index (χ0n) is 8.02. The van der Waals surface area contributed by atoms with Gasteiger partial charge in [-0.3, -0.25) is 0 Å². The van der Waals surface area contributed by atoms with Gasteiger partial charge in [-0.2, -0.15) is 18.4 Å². The van der Waals surface area contributed by atoms with Gasteiger partial charge in [0, 0.05) is 10.9 Å². The lowest BCUT2D eigenvalue weighted by Crippen LogP contribution is -2.14. The predicted molar refractivity (Wildman–Crippen MR) is 51.5 cm³/mol. The first-order valence-corrected chi connectivity index (χ1v) is 5.28. The van der Waals surface area contributed by atoms with Crippen LogP contribution >= 0.6 is 15.9 Å². The van der Waals surface area contributed by atoms with Crippen molar-refractivity contribution in [2.45, 2.75) is 17.9 Å². The van der Waals surface area contributed by atoms with Crippen molar-refractivity contribution in [3.8, 4) is 6.07 Å². The molecular weight excluding hydrogens is 311 g/mol. The number of halogens is 6. The van der Waals surface area contributed by atoms with Crippen LogP contribution in [0.1, 0.15) is 28.9 Å². The van der Waals surface area contributed by atoms with E-state index >= 15 is 0 Å². The Bertz CT molecular complexity index is 464. The highest BCUT2D eigenvalue weighted by Gasteiger charge is 2.38. The Morgan fingerprint density at radius 3 is 2.35 bits per heavy atom. The molecule has 0 aliphatic heterocycles. The SMILES string of the molecule is N#Cc1nc(C(F)(F)F)c(C(F)F)cc1CBr. The number of nitriles is 1. The quantitative estimate of drug-likeness (QED) is 0.615. The molecule has 0 aliphatic rings. The maximum atomic E-state index is 12.5. The van der Waals surface area contributed by atoms with E-state index in [0.717, 1.165) is 0 Å². The van der Waals surface area contributed by atoms with E-state index < -0.39 is 29.6 Å². The van der Waals surface area contributed by atoms with Crippen LogP contribution in [0.15, 0.2) is 6.07 Å². The van der Waals surface area contributed by atoms with Gasteiger partial charge in [0.1, 0.15) is 11.8 Å². The summed E-state index contributed by atoms with van der Waals surface area (Å²) in [5.41, 5.74) is -3.45. The summed E-state index contributed by atoms with van der Waals surface area (Å²) >= 11 is 2.89. The minimum absolute atomic E-state index is 0.00389. The minimum atomic E-state index is -5.01. The standard InChI is InChI=1S/C9H4BrF5N2/c10-2-4-1-5(8(11)12)7(9(13,14)15)17-6(4)3-16/h1,8H,2H2. The normalized spacial score (nSPS) is 11.6. The summed E-state index contributed by atoms with van der Waals surface area (Å²) in [5, 5.41) is 8.55. The molecule has 0 spiro atoms. The molecule has 0 saturated heterocycles. The summed E-state index contributed by atoms with van der Waals surface area (Å²) in [4.78, 5) is 2.96. The summed E-state index contributed by atoms with van der Waals surface area (Å²) in [6.07, 6.45) is -8.31. The van der Waals surface area contributed by atoms with Gasteiger partial charge in [0.25, 0.3) is 6.43 Å². The molecule has 0 amide bonds. The summed E-state index contributed by atoms with van der Waals surface area (Å²) in [5.74, 6) is 0. The van der Waals surface area contributed by atoms with Crippen molar-refractivity contribution in [1.82, 2.24) is 4.98 Å². The Morgan fingerprint density at radius 1 is 1.41 bits per heavy atom. The van der Waals surface area contributed by atoms with Gasteiger partial charge in [-0.1, -0.05) is 15.9 Å². The molecule has 0 aromatic carbocycles. The maximum Gasteiger partial charge on any atom is 0.433 e. The van der Waals surface area contributed by atoms with Gasteiger partial charge in [-0.25, -0.2) is 13.8 Å². The Labute approximate surface area is 101 Å². The van der Waals surface area contributed by atoms with Crippen molar-refractivity contribution >= 4 is 15.9 Å². The first-order chi connectivity index (χ1) is 7.81. The molecule has 0 fully saturated rings. The highest BCUT2D eigenvalue weighted by molar-refractivity contribution is 9.08. The Kier molecular flexibility index (Phi) is 4.03. The molecule has 1 heterocycles. The molecular formula is C9H4BrF5N2. The van der Waals surface area contributed by atoms with Crippen molar-refractivity contribution in [1.29, 1.82) is 5.26 Å². The van der Waals surface area contributed by atoms with E-state index in [1.807, 2.05) is 0 Å². The highest BCUT2D eigenvalue weighted by Crippen LogP contribution is 2.36. The zero-order chi connectivity index (χ0) is 13.2. The van der Waals surface area contributed by atoms with Crippen LogP contribution in [-0.2, 0) is 11.5 Å². The lowest BCUT2D eigenvalue weighted by Gasteiger charge is -2.13. The molecule has 0 unspecified atom stereocenters. The third-order valence-corrected chi connectivity index (χ3v) is 2.49. The van der Waals surface area contributed by atoms with Gasteiger partial charge in [0.05, 0.1) is 0 Å². The molecule has 0 atom stereocenters. The second-order valence-electron chi connectivity index (χ2n) is 2.98. The van der Waals surface area contributed by atoms with E-state index in [0.29, 0.717) is 6.07 Å². The van der Waals surface area contributed by atoms with Crippen LogP contribution in [0, 0.1) is 11.3 Å². The smallest absolute Gasteiger partial charge is 0.232 e. The van der Waals surface area contributed by atoms with Crippen molar-refractivity contribution < 1.29 is 22.0 Å². The summed E-state index contributed by atoms with van der Waals surface area (Å²) in [7, 11) is 0. The fourth-order valence-electron chi connectivity index (χ4n) is 1.16. The minimum Gasteiger partial charge on any atom is -0.232 e. The third kappa shape index (κ3) is 2.91. The maximum absolute atomic E-state index is 12.5. The van der Waals surface area contributed by atoms with Crippen LogP contribution in [-0.4, -0.2) is 4.98 Å². The number of hydrogen-bond donors (Lipinski definition) is 0.